The molecule has 0 fully saturated rings. The topological polar surface area (TPSA) is 47.6 Å². The van der Waals surface area contributed by atoms with Gasteiger partial charge in [-0.05, 0) is 49.2 Å². The number of carbonyl (C=O) groups excluding carboxylic acids is 1. The SMILES string of the molecule is CCOc1ccc(C(=O)NCCc2ccc(C(F)(F)F)cc2)cc1OC. The van der Waals surface area contributed by atoms with E-state index < -0.39 is 11.7 Å². The summed E-state index contributed by atoms with van der Waals surface area (Å²) in [5, 5.41) is 2.74. The number of amides is 1. The van der Waals surface area contributed by atoms with Gasteiger partial charge < -0.3 is 14.8 Å². The number of halogens is 3. The predicted molar refractivity (Wildman–Crippen MR) is 91.6 cm³/mol. The maximum absolute atomic E-state index is 12.5. The fraction of sp³-hybridized carbons (Fsp3) is 0.316. The highest BCUT2D eigenvalue weighted by molar-refractivity contribution is 5.94. The number of rotatable bonds is 7. The Morgan fingerprint density at radius 1 is 1.08 bits per heavy atom. The average Bonchev–Trinajstić information content (AvgIpc) is 2.62. The lowest BCUT2D eigenvalue weighted by molar-refractivity contribution is -0.137. The monoisotopic (exact) mass is 367 g/mol. The van der Waals surface area contributed by atoms with Gasteiger partial charge in [0, 0.05) is 12.1 Å². The molecule has 4 nitrogen and oxygen atoms in total. The quantitative estimate of drug-likeness (QED) is 0.802. The fourth-order valence-electron chi connectivity index (χ4n) is 2.37. The molecule has 0 saturated heterocycles. The van der Waals surface area contributed by atoms with Gasteiger partial charge in [0.15, 0.2) is 11.5 Å². The normalized spacial score (nSPS) is 11.1. The van der Waals surface area contributed by atoms with Crippen LogP contribution in [-0.4, -0.2) is 26.2 Å². The van der Waals surface area contributed by atoms with E-state index in [1.165, 1.54) is 19.2 Å². The number of methoxy groups -OCH3 is 1. The molecule has 0 saturated carbocycles. The minimum absolute atomic E-state index is 0.293. The third-order valence-electron chi connectivity index (χ3n) is 3.71. The highest BCUT2D eigenvalue weighted by Crippen LogP contribution is 2.29. The summed E-state index contributed by atoms with van der Waals surface area (Å²) in [5.41, 5.74) is 0.437. The second-order valence-corrected chi connectivity index (χ2v) is 5.50. The molecule has 140 valence electrons. The summed E-state index contributed by atoms with van der Waals surface area (Å²) in [7, 11) is 1.49. The minimum atomic E-state index is -4.35. The van der Waals surface area contributed by atoms with Gasteiger partial charge in [-0.15, -0.1) is 0 Å². The Bertz CT molecular complexity index is 743. The lowest BCUT2D eigenvalue weighted by Crippen LogP contribution is -2.25. The fourth-order valence-corrected chi connectivity index (χ4v) is 2.37. The Morgan fingerprint density at radius 3 is 2.35 bits per heavy atom. The molecule has 0 aromatic heterocycles. The summed E-state index contributed by atoms with van der Waals surface area (Å²) in [4.78, 5) is 12.2. The number of nitrogens with one attached hydrogen (secondary N) is 1. The second kappa shape index (κ2) is 8.60. The molecule has 0 spiro atoms. The van der Waals surface area contributed by atoms with Crippen LogP contribution in [0.4, 0.5) is 13.2 Å². The Kier molecular flexibility index (Phi) is 6.49. The second-order valence-electron chi connectivity index (χ2n) is 5.50. The van der Waals surface area contributed by atoms with Crippen molar-refractivity contribution in [3.8, 4) is 11.5 Å². The van der Waals surface area contributed by atoms with Crippen molar-refractivity contribution >= 4 is 5.91 Å². The van der Waals surface area contributed by atoms with E-state index in [0.29, 0.717) is 42.2 Å². The van der Waals surface area contributed by atoms with Crippen LogP contribution < -0.4 is 14.8 Å². The summed E-state index contributed by atoms with van der Waals surface area (Å²) < 4.78 is 48.2. The molecule has 0 aliphatic rings. The summed E-state index contributed by atoms with van der Waals surface area (Å²) in [6.45, 7) is 2.63. The first-order valence-electron chi connectivity index (χ1n) is 8.10. The van der Waals surface area contributed by atoms with Crippen molar-refractivity contribution < 1.29 is 27.4 Å². The van der Waals surface area contributed by atoms with Crippen molar-refractivity contribution in [3.05, 3.63) is 59.2 Å². The van der Waals surface area contributed by atoms with Crippen molar-refractivity contribution in [2.75, 3.05) is 20.3 Å². The van der Waals surface area contributed by atoms with E-state index in [2.05, 4.69) is 5.32 Å². The lowest BCUT2D eigenvalue weighted by atomic mass is 10.1. The molecular weight excluding hydrogens is 347 g/mol. The van der Waals surface area contributed by atoms with E-state index in [4.69, 9.17) is 9.47 Å². The summed E-state index contributed by atoms with van der Waals surface area (Å²) in [5.74, 6) is 0.719. The zero-order valence-electron chi connectivity index (χ0n) is 14.5. The number of alkyl halides is 3. The van der Waals surface area contributed by atoms with Crippen LogP contribution in [0.3, 0.4) is 0 Å². The largest absolute Gasteiger partial charge is 0.493 e. The number of ether oxygens (including phenoxy) is 2. The minimum Gasteiger partial charge on any atom is -0.493 e. The highest BCUT2D eigenvalue weighted by Gasteiger charge is 2.29. The summed E-state index contributed by atoms with van der Waals surface area (Å²) in [6.07, 6.45) is -3.92. The van der Waals surface area contributed by atoms with Gasteiger partial charge in [-0.1, -0.05) is 12.1 Å². The van der Waals surface area contributed by atoms with Gasteiger partial charge in [-0.2, -0.15) is 13.2 Å². The van der Waals surface area contributed by atoms with Crippen molar-refractivity contribution in [2.24, 2.45) is 0 Å². The zero-order chi connectivity index (χ0) is 19.2. The number of carbonyl (C=O) groups is 1. The van der Waals surface area contributed by atoms with Crippen molar-refractivity contribution in [1.29, 1.82) is 0 Å². The van der Waals surface area contributed by atoms with Crippen LogP contribution in [0.25, 0.3) is 0 Å². The number of benzene rings is 2. The molecule has 1 N–H and O–H groups in total. The Morgan fingerprint density at radius 2 is 1.77 bits per heavy atom. The van der Waals surface area contributed by atoms with E-state index >= 15 is 0 Å². The van der Waals surface area contributed by atoms with Gasteiger partial charge >= 0.3 is 6.18 Å². The van der Waals surface area contributed by atoms with Crippen LogP contribution in [-0.2, 0) is 12.6 Å². The van der Waals surface area contributed by atoms with Crippen LogP contribution in [0.15, 0.2) is 42.5 Å². The van der Waals surface area contributed by atoms with E-state index in [1.807, 2.05) is 6.92 Å². The number of hydrogen-bond acceptors (Lipinski definition) is 3. The molecule has 0 radical (unpaired) electrons. The van der Waals surface area contributed by atoms with Crippen molar-refractivity contribution in [3.63, 3.8) is 0 Å². The number of hydrogen-bond donors (Lipinski definition) is 1. The predicted octanol–water partition coefficient (Wildman–Crippen LogP) is 4.09. The van der Waals surface area contributed by atoms with Crippen LogP contribution in [0.2, 0.25) is 0 Å². The van der Waals surface area contributed by atoms with Crippen molar-refractivity contribution in [2.45, 2.75) is 19.5 Å². The van der Waals surface area contributed by atoms with Crippen LogP contribution in [0, 0.1) is 0 Å². The van der Waals surface area contributed by atoms with Gasteiger partial charge in [-0.25, -0.2) is 0 Å². The van der Waals surface area contributed by atoms with E-state index in [9.17, 15) is 18.0 Å². The first kappa shape index (κ1) is 19.6. The van der Waals surface area contributed by atoms with Gasteiger partial charge in [0.1, 0.15) is 0 Å². The highest BCUT2D eigenvalue weighted by atomic mass is 19.4. The molecule has 2 rings (SSSR count). The Labute approximate surface area is 149 Å². The molecule has 0 aliphatic heterocycles. The van der Waals surface area contributed by atoms with Gasteiger partial charge in [-0.3, -0.25) is 4.79 Å². The first-order chi connectivity index (χ1) is 12.3. The molecule has 0 unspecified atom stereocenters. The molecule has 2 aromatic carbocycles. The Balaban J connectivity index is 1.92. The maximum atomic E-state index is 12.5. The molecule has 26 heavy (non-hydrogen) atoms. The molecule has 0 aliphatic carbocycles. The van der Waals surface area contributed by atoms with Crippen LogP contribution in [0.5, 0.6) is 11.5 Å². The van der Waals surface area contributed by atoms with E-state index in [1.54, 1.807) is 18.2 Å². The van der Waals surface area contributed by atoms with Gasteiger partial charge in [0.05, 0.1) is 19.3 Å². The van der Waals surface area contributed by atoms with Gasteiger partial charge in [0.2, 0.25) is 0 Å². The molecule has 0 bridgehead atoms. The van der Waals surface area contributed by atoms with Crippen molar-refractivity contribution in [1.82, 2.24) is 5.32 Å². The van der Waals surface area contributed by atoms with Gasteiger partial charge in [0.25, 0.3) is 5.91 Å². The van der Waals surface area contributed by atoms with E-state index in [0.717, 1.165) is 12.1 Å². The van der Waals surface area contributed by atoms with Crippen LogP contribution >= 0.6 is 0 Å². The maximum Gasteiger partial charge on any atom is 0.416 e. The first-order valence-corrected chi connectivity index (χ1v) is 8.10. The standard InChI is InChI=1S/C19H20F3NO3/c1-3-26-16-9-6-14(12-17(16)25-2)18(24)23-11-10-13-4-7-15(8-5-13)19(20,21)22/h4-9,12H,3,10-11H2,1-2H3,(H,23,24). The molecular formula is C19H20F3NO3. The smallest absolute Gasteiger partial charge is 0.416 e. The van der Waals surface area contributed by atoms with Crippen LogP contribution in [0.1, 0.15) is 28.4 Å². The molecule has 0 heterocycles. The summed E-state index contributed by atoms with van der Waals surface area (Å²) >= 11 is 0. The average molecular weight is 367 g/mol. The molecule has 7 heteroatoms. The molecule has 1 amide bonds. The lowest BCUT2D eigenvalue weighted by Gasteiger charge is -2.11. The Hall–Kier alpha value is -2.70. The molecule has 0 atom stereocenters. The summed E-state index contributed by atoms with van der Waals surface area (Å²) in [6, 6.07) is 9.76. The molecule has 2 aromatic rings. The third kappa shape index (κ3) is 5.15. The third-order valence-corrected chi connectivity index (χ3v) is 3.71. The van der Waals surface area contributed by atoms with E-state index in [-0.39, 0.29) is 5.91 Å². The zero-order valence-corrected chi connectivity index (χ0v) is 14.5.